The Kier molecular flexibility index (Phi) is 4.16. The minimum absolute atomic E-state index is 0.250. The summed E-state index contributed by atoms with van der Waals surface area (Å²) >= 11 is 0. The molecule has 0 saturated carbocycles. The molecule has 1 aromatic heterocycles. The highest BCUT2D eigenvalue weighted by molar-refractivity contribution is 5.79. The predicted octanol–water partition coefficient (Wildman–Crippen LogP) is 6.31. The summed E-state index contributed by atoms with van der Waals surface area (Å²) in [5, 5.41) is 3.68. The van der Waals surface area contributed by atoms with Gasteiger partial charge in [-0.15, -0.1) is 0 Å². The number of fused-ring (bicyclic) bond motifs is 3. The Bertz CT molecular complexity index is 1090. The zero-order valence-electron chi connectivity index (χ0n) is 16.3. The number of anilines is 1. The summed E-state index contributed by atoms with van der Waals surface area (Å²) in [6.07, 6.45) is 0.998. The fourth-order valence-corrected chi connectivity index (χ4v) is 4.30. The van der Waals surface area contributed by atoms with E-state index in [0.717, 1.165) is 17.9 Å². The summed E-state index contributed by atoms with van der Waals surface area (Å²) in [7, 11) is 0. The zero-order chi connectivity index (χ0) is 19.1. The first kappa shape index (κ1) is 17.1. The number of hydrogen-bond acceptors (Lipinski definition) is 2. The van der Waals surface area contributed by atoms with Crippen LogP contribution in [0.25, 0.3) is 11.0 Å². The van der Waals surface area contributed by atoms with Crippen molar-refractivity contribution >= 4 is 17.0 Å². The molecule has 3 heteroatoms. The van der Waals surface area contributed by atoms with Crippen LogP contribution in [0.4, 0.5) is 5.95 Å². The van der Waals surface area contributed by atoms with Gasteiger partial charge in [0.05, 0.1) is 23.1 Å². The van der Waals surface area contributed by atoms with Gasteiger partial charge >= 0.3 is 0 Å². The van der Waals surface area contributed by atoms with E-state index in [1.54, 1.807) is 0 Å². The maximum atomic E-state index is 4.90. The summed E-state index contributed by atoms with van der Waals surface area (Å²) in [5.74, 6) is 1.50. The van der Waals surface area contributed by atoms with Crippen LogP contribution < -0.4 is 5.32 Å². The monoisotopic (exact) mass is 367 g/mol. The third-order valence-electron chi connectivity index (χ3n) is 5.86. The second-order valence-corrected chi connectivity index (χ2v) is 7.97. The molecular weight excluding hydrogens is 342 g/mol. The van der Waals surface area contributed by atoms with E-state index in [4.69, 9.17) is 4.98 Å². The average Bonchev–Trinajstić information content (AvgIpc) is 3.12. The molecular formula is C25H25N3. The first-order valence-corrected chi connectivity index (χ1v) is 10.1. The maximum Gasteiger partial charge on any atom is 0.204 e. The van der Waals surface area contributed by atoms with Gasteiger partial charge in [0.2, 0.25) is 5.95 Å². The second-order valence-electron chi connectivity index (χ2n) is 7.97. The number of aromatic nitrogens is 2. The van der Waals surface area contributed by atoms with Crippen molar-refractivity contribution in [2.24, 2.45) is 0 Å². The molecule has 0 unspecified atom stereocenters. The van der Waals surface area contributed by atoms with Crippen LogP contribution >= 0.6 is 0 Å². The van der Waals surface area contributed by atoms with E-state index >= 15 is 0 Å². The van der Waals surface area contributed by atoms with Crippen molar-refractivity contribution < 1.29 is 0 Å². The highest BCUT2D eigenvalue weighted by atomic mass is 15.3. The Morgan fingerprint density at radius 3 is 2.32 bits per heavy atom. The molecule has 0 radical (unpaired) electrons. The van der Waals surface area contributed by atoms with E-state index in [0.29, 0.717) is 5.92 Å². The van der Waals surface area contributed by atoms with Crippen molar-refractivity contribution in [3.05, 3.63) is 95.6 Å². The van der Waals surface area contributed by atoms with Crippen LogP contribution in [-0.4, -0.2) is 9.55 Å². The van der Waals surface area contributed by atoms with Gasteiger partial charge in [0.1, 0.15) is 0 Å². The van der Waals surface area contributed by atoms with Crippen LogP contribution in [-0.2, 0) is 0 Å². The number of benzene rings is 3. The fourth-order valence-electron chi connectivity index (χ4n) is 4.30. The smallest absolute Gasteiger partial charge is 0.204 e. The van der Waals surface area contributed by atoms with Gasteiger partial charge in [-0.1, -0.05) is 80.6 Å². The molecule has 2 atom stereocenters. The fraction of sp³-hybridized carbons (Fsp3) is 0.240. The molecule has 3 aromatic carbocycles. The summed E-state index contributed by atoms with van der Waals surface area (Å²) in [6, 6.07) is 28.8. The highest BCUT2D eigenvalue weighted by Gasteiger charge is 2.30. The Morgan fingerprint density at radius 2 is 1.57 bits per heavy atom. The van der Waals surface area contributed by atoms with Gasteiger partial charge in [-0.05, 0) is 41.2 Å². The van der Waals surface area contributed by atoms with Gasteiger partial charge in [-0.3, -0.25) is 0 Å². The molecule has 2 heterocycles. The van der Waals surface area contributed by atoms with E-state index < -0.39 is 0 Å². The van der Waals surface area contributed by atoms with E-state index in [1.807, 2.05) is 0 Å². The summed E-state index contributed by atoms with van der Waals surface area (Å²) in [4.78, 5) is 4.90. The highest BCUT2D eigenvalue weighted by Crippen LogP contribution is 2.41. The Balaban J connectivity index is 1.63. The number of hydrogen-bond donors (Lipinski definition) is 1. The van der Waals surface area contributed by atoms with Crippen LogP contribution in [0.2, 0.25) is 0 Å². The number of imidazole rings is 1. The minimum Gasteiger partial charge on any atom is -0.349 e. The van der Waals surface area contributed by atoms with E-state index in [-0.39, 0.29) is 12.1 Å². The molecule has 0 amide bonds. The quantitative estimate of drug-likeness (QED) is 0.460. The third kappa shape index (κ3) is 2.88. The van der Waals surface area contributed by atoms with Gasteiger partial charge in [0.25, 0.3) is 0 Å². The van der Waals surface area contributed by atoms with Crippen LogP contribution in [0.1, 0.15) is 55.0 Å². The zero-order valence-corrected chi connectivity index (χ0v) is 16.3. The van der Waals surface area contributed by atoms with Crippen LogP contribution in [0.5, 0.6) is 0 Å². The predicted molar refractivity (Wildman–Crippen MR) is 116 cm³/mol. The molecule has 0 bridgehead atoms. The number of rotatable bonds is 3. The van der Waals surface area contributed by atoms with Crippen molar-refractivity contribution in [1.82, 2.24) is 9.55 Å². The lowest BCUT2D eigenvalue weighted by Gasteiger charge is -2.33. The van der Waals surface area contributed by atoms with Crippen molar-refractivity contribution in [1.29, 1.82) is 0 Å². The molecule has 3 nitrogen and oxygen atoms in total. The SMILES string of the molecule is CC(C)c1ccc([C@@H]2C[C@@H](c3ccccc3)Nc3nc4ccccc4n32)cc1. The van der Waals surface area contributed by atoms with Gasteiger partial charge in [0, 0.05) is 0 Å². The molecule has 0 aliphatic carbocycles. The first-order chi connectivity index (χ1) is 13.7. The average molecular weight is 367 g/mol. The van der Waals surface area contributed by atoms with Crippen molar-refractivity contribution in [3.63, 3.8) is 0 Å². The van der Waals surface area contributed by atoms with Crippen molar-refractivity contribution in [2.45, 2.75) is 38.3 Å². The van der Waals surface area contributed by atoms with Gasteiger partial charge < -0.3 is 9.88 Å². The third-order valence-corrected chi connectivity index (χ3v) is 5.86. The van der Waals surface area contributed by atoms with Crippen molar-refractivity contribution in [2.75, 3.05) is 5.32 Å². The van der Waals surface area contributed by atoms with E-state index in [2.05, 4.69) is 103 Å². The standard InChI is InChI=1S/C25H25N3/c1-17(2)18-12-14-20(15-13-18)24-16-22(19-8-4-3-5-9-19)27-25-26-21-10-6-7-11-23(21)28(24)25/h3-15,17,22,24H,16H2,1-2H3,(H,26,27)/t22-,24-/m0/s1. The number of nitrogens with one attached hydrogen (secondary N) is 1. The largest absolute Gasteiger partial charge is 0.349 e. The molecule has 4 aromatic rings. The lowest BCUT2D eigenvalue weighted by atomic mass is 9.91. The first-order valence-electron chi connectivity index (χ1n) is 10.1. The van der Waals surface area contributed by atoms with Crippen LogP contribution in [0.3, 0.4) is 0 Å². The van der Waals surface area contributed by atoms with Crippen LogP contribution in [0.15, 0.2) is 78.9 Å². The van der Waals surface area contributed by atoms with Gasteiger partial charge in [-0.25, -0.2) is 4.98 Å². The molecule has 1 N–H and O–H groups in total. The molecule has 0 fully saturated rings. The molecule has 28 heavy (non-hydrogen) atoms. The minimum atomic E-state index is 0.250. The molecule has 1 aliphatic rings. The molecule has 5 rings (SSSR count). The maximum absolute atomic E-state index is 4.90. The summed E-state index contributed by atoms with van der Waals surface area (Å²) in [6.45, 7) is 4.49. The Hall–Kier alpha value is -3.07. The lowest BCUT2D eigenvalue weighted by molar-refractivity contribution is 0.477. The molecule has 0 spiro atoms. The van der Waals surface area contributed by atoms with Crippen molar-refractivity contribution in [3.8, 4) is 0 Å². The molecule has 1 aliphatic heterocycles. The summed E-state index contributed by atoms with van der Waals surface area (Å²) < 4.78 is 2.37. The Labute approximate surface area is 166 Å². The van der Waals surface area contributed by atoms with E-state index in [9.17, 15) is 0 Å². The van der Waals surface area contributed by atoms with Crippen LogP contribution in [0, 0.1) is 0 Å². The topological polar surface area (TPSA) is 29.9 Å². The van der Waals surface area contributed by atoms with Gasteiger partial charge in [0.15, 0.2) is 0 Å². The molecule has 140 valence electrons. The lowest BCUT2D eigenvalue weighted by Crippen LogP contribution is -2.27. The second kappa shape index (κ2) is 6.83. The number of para-hydroxylation sites is 2. The summed E-state index contributed by atoms with van der Waals surface area (Å²) in [5.41, 5.74) is 6.27. The van der Waals surface area contributed by atoms with E-state index in [1.165, 1.54) is 22.2 Å². The Morgan fingerprint density at radius 1 is 0.857 bits per heavy atom. The van der Waals surface area contributed by atoms with Gasteiger partial charge in [-0.2, -0.15) is 0 Å². The number of nitrogens with zero attached hydrogens (tertiary/aromatic N) is 2. The normalized spacial score (nSPS) is 18.8. The molecule has 0 saturated heterocycles.